The van der Waals surface area contributed by atoms with Crippen LogP contribution < -0.4 is 21.1 Å². The molecule has 4 amide bonds. The minimum absolute atomic E-state index is 0.00233. The molecule has 1 aliphatic carbocycles. The molecule has 0 radical (unpaired) electrons. The summed E-state index contributed by atoms with van der Waals surface area (Å²) in [7, 11) is 0. The number of halogens is 1. The topological polar surface area (TPSA) is 183 Å². The molecule has 17 heteroatoms. The quantitative estimate of drug-likeness (QED) is 0.184. The summed E-state index contributed by atoms with van der Waals surface area (Å²) in [6.07, 6.45) is 9.21. The van der Waals surface area contributed by atoms with Crippen molar-refractivity contribution in [3.05, 3.63) is 80.6 Å². The third-order valence-corrected chi connectivity index (χ3v) is 13.0. The lowest BCUT2D eigenvalue weighted by Crippen LogP contribution is -2.54. The molecule has 4 aliphatic heterocycles. The van der Waals surface area contributed by atoms with Gasteiger partial charge in [-0.1, -0.05) is 12.8 Å². The van der Waals surface area contributed by atoms with Crippen LogP contribution in [0.25, 0.3) is 11.0 Å². The average molecular weight is 819 g/mol. The fraction of sp³-hybridized carbons (Fsp3) is 0.465. The number of pyridine rings is 2. The van der Waals surface area contributed by atoms with E-state index in [1.54, 1.807) is 23.8 Å². The average Bonchev–Trinajstić information content (AvgIpc) is 3.85. The molecule has 1 atom stereocenters. The first-order chi connectivity index (χ1) is 28.9. The zero-order valence-corrected chi connectivity index (χ0v) is 33.7. The molecule has 0 bridgehead atoms. The Morgan fingerprint density at radius 1 is 0.883 bits per heavy atom. The fourth-order valence-corrected chi connectivity index (χ4v) is 9.81. The van der Waals surface area contributed by atoms with Gasteiger partial charge in [-0.05, 0) is 94.4 Å². The number of benzene rings is 1. The van der Waals surface area contributed by atoms with Gasteiger partial charge in [0.15, 0.2) is 5.78 Å². The number of likely N-dealkylation sites (tertiary alicyclic amines) is 1. The van der Waals surface area contributed by atoms with Crippen LogP contribution in [-0.4, -0.2) is 115 Å². The lowest BCUT2D eigenvalue weighted by Gasteiger charge is -2.43. The second-order valence-electron chi connectivity index (χ2n) is 16.6. The number of hydrogen-bond acceptors (Lipinski definition) is 13. The van der Waals surface area contributed by atoms with E-state index in [9.17, 15) is 28.8 Å². The van der Waals surface area contributed by atoms with Gasteiger partial charge in [-0.2, -0.15) is 4.98 Å². The van der Waals surface area contributed by atoms with Crippen molar-refractivity contribution in [1.82, 2.24) is 39.5 Å². The SMILES string of the molecule is CC(=O)c1c(C)c2cnc(Nc3ccc(N4CCN(C5CCN(Cc6cc(F)c7c(c6)C(=O)N(C6CCC(=O)NC6=O)C7=O)CC5)CC4)cn3)nc2n(C2CCCC2)c1=O. The molecule has 4 fully saturated rings. The van der Waals surface area contributed by atoms with E-state index in [1.807, 2.05) is 18.3 Å². The smallest absolute Gasteiger partial charge is 0.265 e. The van der Waals surface area contributed by atoms with E-state index in [0.717, 1.165) is 88.4 Å². The first-order valence-electron chi connectivity index (χ1n) is 20.9. The second kappa shape index (κ2) is 15.9. The third-order valence-electron chi connectivity index (χ3n) is 13.0. The number of ketones is 1. The van der Waals surface area contributed by atoms with Crippen LogP contribution in [0, 0.1) is 12.7 Å². The van der Waals surface area contributed by atoms with Gasteiger partial charge in [-0.3, -0.25) is 53.4 Å². The van der Waals surface area contributed by atoms with E-state index in [1.165, 1.54) is 13.0 Å². The Balaban J connectivity index is 0.784. The number of nitrogens with zero attached hydrogens (tertiary/aromatic N) is 8. The van der Waals surface area contributed by atoms with Crippen LogP contribution in [0.2, 0.25) is 0 Å². The van der Waals surface area contributed by atoms with Gasteiger partial charge in [0.05, 0.1) is 28.6 Å². The maximum absolute atomic E-state index is 15.3. The first kappa shape index (κ1) is 39.5. The highest BCUT2D eigenvalue weighted by molar-refractivity contribution is 6.23. The van der Waals surface area contributed by atoms with Crippen molar-refractivity contribution in [2.45, 2.75) is 89.9 Å². The molecule has 9 rings (SSSR count). The van der Waals surface area contributed by atoms with E-state index in [-0.39, 0.29) is 46.9 Å². The van der Waals surface area contributed by atoms with Crippen LogP contribution in [-0.2, 0) is 16.1 Å². The second-order valence-corrected chi connectivity index (χ2v) is 16.6. The molecule has 1 unspecified atom stereocenters. The number of carbonyl (C=O) groups excluding carboxylic acids is 5. The number of Topliss-reactive ketones (excluding diaryl/α,β-unsaturated/α-hetero) is 1. The summed E-state index contributed by atoms with van der Waals surface area (Å²) in [5, 5.41) is 6.06. The lowest BCUT2D eigenvalue weighted by molar-refractivity contribution is -0.136. The summed E-state index contributed by atoms with van der Waals surface area (Å²) in [4.78, 5) is 98.3. The number of nitrogens with one attached hydrogen (secondary N) is 2. The summed E-state index contributed by atoms with van der Waals surface area (Å²) in [6.45, 7) is 8.74. The lowest BCUT2D eigenvalue weighted by atomic mass is 10.00. The summed E-state index contributed by atoms with van der Waals surface area (Å²) >= 11 is 0. The van der Waals surface area contributed by atoms with Crippen LogP contribution in [0.1, 0.15) is 107 Å². The molecule has 3 saturated heterocycles. The van der Waals surface area contributed by atoms with Gasteiger partial charge in [0.1, 0.15) is 23.3 Å². The van der Waals surface area contributed by atoms with Crippen molar-refractivity contribution in [2.75, 3.05) is 49.5 Å². The van der Waals surface area contributed by atoms with E-state index in [4.69, 9.17) is 4.98 Å². The number of piperazine rings is 1. The number of imide groups is 2. The minimum atomic E-state index is -1.14. The van der Waals surface area contributed by atoms with Gasteiger partial charge in [0, 0.05) is 62.8 Å². The largest absolute Gasteiger partial charge is 0.368 e. The normalized spacial score (nSPS) is 20.9. The van der Waals surface area contributed by atoms with Crippen LogP contribution in [0.4, 0.5) is 21.8 Å². The number of fused-ring (bicyclic) bond motifs is 2. The molecule has 60 heavy (non-hydrogen) atoms. The summed E-state index contributed by atoms with van der Waals surface area (Å²) in [5.74, 6) is -2.88. The molecule has 2 N–H and O–H groups in total. The Labute approximate surface area is 345 Å². The van der Waals surface area contributed by atoms with Crippen molar-refractivity contribution in [1.29, 1.82) is 0 Å². The molecule has 16 nitrogen and oxygen atoms in total. The van der Waals surface area contributed by atoms with Crippen LogP contribution >= 0.6 is 0 Å². The Morgan fingerprint density at radius 2 is 1.63 bits per heavy atom. The summed E-state index contributed by atoms with van der Waals surface area (Å²) in [6, 6.07) is 6.06. The van der Waals surface area contributed by atoms with Gasteiger partial charge in [0.2, 0.25) is 17.8 Å². The predicted octanol–water partition coefficient (Wildman–Crippen LogP) is 3.88. The minimum Gasteiger partial charge on any atom is -0.368 e. The molecule has 7 heterocycles. The molecule has 4 aromatic rings. The maximum atomic E-state index is 15.3. The Bertz CT molecular complexity index is 2490. The van der Waals surface area contributed by atoms with Crippen LogP contribution in [0.3, 0.4) is 0 Å². The third kappa shape index (κ3) is 7.23. The zero-order chi connectivity index (χ0) is 41.8. The summed E-state index contributed by atoms with van der Waals surface area (Å²) < 4.78 is 17.0. The predicted molar refractivity (Wildman–Crippen MR) is 219 cm³/mol. The molecular formula is C43H47FN10O6. The van der Waals surface area contributed by atoms with E-state index >= 15 is 4.39 Å². The van der Waals surface area contributed by atoms with Gasteiger partial charge in [-0.15, -0.1) is 0 Å². The standard InChI is InChI=1S/C43H47FN10O6/c1-24-31-22-46-43(49-38(31)53(28-5-3-4-6-28)41(59)36(24)25(2)55)47-34-9-7-29(21-45-34)52-17-15-51(16-18-52)27-11-13-50(14-12-27)23-26-19-30-37(32(44)20-26)42(60)54(40(30)58)33-8-10-35(56)48-39(33)57/h7,9,19-22,27-28,33H,3-6,8,10-18,23H2,1-2H3,(H,48,56,57)(H,45,46,47,49). The highest BCUT2D eigenvalue weighted by atomic mass is 19.1. The first-order valence-corrected chi connectivity index (χ1v) is 20.9. The van der Waals surface area contributed by atoms with Crippen molar-refractivity contribution >= 4 is 57.9 Å². The van der Waals surface area contributed by atoms with Crippen molar-refractivity contribution in [3.8, 4) is 0 Å². The monoisotopic (exact) mass is 818 g/mol. The number of amides is 4. The number of carbonyl (C=O) groups is 5. The molecule has 1 saturated carbocycles. The molecule has 312 valence electrons. The van der Waals surface area contributed by atoms with Crippen LogP contribution in [0.5, 0.6) is 0 Å². The van der Waals surface area contributed by atoms with E-state index in [0.29, 0.717) is 46.5 Å². The van der Waals surface area contributed by atoms with Crippen molar-refractivity contribution in [3.63, 3.8) is 0 Å². The van der Waals surface area contributed by atoms with Crippen molar-refractivity contribution < 1.29 is 28.4 Å². The number of piperidine rings is 2. The van der Waals surface area contributed by atoms with E-state index in [2.05, 4.69) is 35.3 Å². The van der Waals surface area contributed by atoms with Crippen molar-refractivity contribution in [2.24, 2.45) is 0 Å². The molecule has 5 aliphatic rings. The molecule has 3 aromatic heterocycles. The molecular weight excluding hydrogens is 772 g/mol. The summed E-state index contributed by atoms with van der Waals surface area (Å²) in [5.41, 5.74) is 2.29. The molecule has 1 aromatic carbocycles. The van der Waals surface area contributed by atoms with Gasteiger partial charge in [-0.25, -0.2) is 14.4 Å². The number of anilines is 3. The van der Waals surface area contributed by atoms with Gasteiger partial charge >= 0.3 is 0 Å². The number of hydrogen-bond donors (Lipinski definition) is 2. The highest BCUT2D eigenvalue weighted by Gasteiger charge is 2.46. The van der Waals surface area contributed by atoms with Crippen LogP contribution in [0.15, 0.2) is 41.5 Å². The molecule has 0 spiro atoms. The number of aryl methyl sites for hydroxylation is 1. The number of aromatic nitrogens is 4. The maximum Gasteiger partial charge on any atom is 0.265 e. The van der Waals surface area contributed by atoms with E-state index < -0.39 is 35.5 Å². The number of rotatable bonds is 9. The Morgan fingerprint density at radius 3 is 2.32 bits per heavy atom. The van der Waals surface area contributed by atoms with Gasteiger partial charge < -0.3 is 10.2 Å². The fourth-order valence-electron chi connectivity index (χ4n) is 9.81. The Kier molecular flexibility index (Phi) is 10.5. The Hall–Kier alpha value is -5.94. The highest BCUT2D eigenvalue weighted by Crippen LogP contribution is 2.34. The zero-order valence-electron chi connectivity index (χ0n) is 33.7. The van der Waals surface area contributed by atoms with Gasteiger partial charge in [0.25, 0.3) is 17.4 Å².